The molecule has 1 aromatic heterocycles. The molecule has 0 radical (unpaired) electrons. The molecule has 0 aliphatic carbocycles. The molecule has 0 aliphatic heterocycles. The minimum absolute atomic E-state index is 0.0334. The quantitative estimate of drug-likeness (QED) is 0.930. The van der Waals surface area contributed by atoms with Crippen molar-refractivity contribution in [1.29, 1.82) is 0 Å². The SMILES string of the molecule is Cc1ccc(Br)c(C(O)C(C)c2ccncc2)c1. The van der Waals surface area contributed by atoms with E-state index in [0.717, 1.165) is 21.2 Å². The monoisotopic (exact) mass is 305 g/mol. The van der Waals surface area contributed by atoms with Crippen LogP contribution in [0.4, 0.5) is 0 Å². The molecule has 2 aromatic rings. The lowest BCUT2D eigenvalue weighted by molar-refractivity contribution is 0.151. The fraction of sp³-hybridized carbons (Fsp3) is 0.267. The molecule has 0 fully saturated rings. The Kier molecular flexibility index (Phi) is 4.15. The Balaban J connectivity index is 2.31. The van der Waals surface area contributed by atoms with Crippen molar-refractivity contribution in [3.05, 3.63) is 63.9 Å². The number of aromatic nitrogens is 1. The first-order valence-electron chi connectivity index (χ1n) is 5.93. The summed E-state index contributed by atoms with van der Waals surface area (Å²) in [6, 6.07) is 9.91. The van der Waals surface area contributed by atoms with Gasteiger partial charge in [0.05, 0.1) is 6.10 Å². The van der Waals surface area contributed by atoms with E-state index in [1.54, 1.807) is 12.4 Å². The highest BCUT2D eigenvalue weighted by Gasteiger charge is 2.20. The first kappa shape index (κ1) is 13.2. The van der Waals surface area contributed by atoms with Crippen molar-refractivity contribution in [3.8, 4) is 0 Å². The summed E-state index contributed by atoms with van der Waals surface area (Å²) in [5, 5.41) is 10.5. The number of halogens is 1. The number of benzene rings is 1. The molecule has 0 bridgehead atoms. The van der Waals surface area contributed by atoms with Gasteiger partial charge in [0.1, 0.15) is 0 Å². The van der Waals surface area contributed by atoms with Crippen LogP contribution in [0.1, 0.15) is 35.6 Å². The van der Waals surface area contributed by atoms with Gasteiger partial charge in [-0.05, 0) is 36.2 Å². The van der Waals surface area contributed by atoms with E-state index in [-0.39, 0.29) is 5.92 Å². The van der Waals surface area contributed by atoms with Gasteiger partial charge in [0, 0.05) is 22.8 Å². The van der Waals surface area contributed by atoms with Gasteiger partial charge in [0.25, 0.3) is 0 Å². The van der Waals surface area contributed by atoms with Gasteiger partial charge in [-0.15, -0.1) is 0 Å². The zero-order chi connectivity index (χ0) is 13.1. The zero-order valence-corrected chi connectivity index (χ0v) is 12.1. The second-order valence-corrected chi connectivity index (χ2v) is 5.39. The van der Waals surface area contributed by atoms with Gasteiger partial charge in [0.2, 0.25) is 0 Å². The second-order valence-electron chi connectivity index (χ2n) is 4.54. The molecular weight excluding hydrogens is 290 g/mol. The van der Waals surface area contributed by atoms with Gasteiger partial charge in [-0.3, -0.25) is 4.98 Å². The zero-order valence-electron chi connectivity index (χ0n) is 10.5. The first-order valence-corrected chi connectivity index (χ1v) is 6.73. The predicted octanol–water partition coefficient (Wildman–Crippen LogP) is 3.99. The topological polar surface area (TPSA) is 33.1 Å². The Morgan fingerprint density at radius 3 is 2.50 bits per heavy atom. The third kappa shape index (κ3) is 2.79. The molecule has 0 spiro atoms. The van der Waals surface area contributed by atoms with Crippen molar-refractivity contribution in [1.82, 2.24) is 4.98 Å². The second kappa shape index (κ2) is 5.63. The first-order chi connectivity index (χ1) is 8.59. The number of hydrogen-bond donors (Lipinski definition) is 1. The van der Waals surface area contributed by atoms with Crippen LogP contribution in [0, 0.1) is 6.92 Å². The highest BCUT2D eigenvalue weighted by molar-refractivity contribution is 9.10. The van der Waals surface area contributed by atoms with Gasteiger partial charge < -0.3 is 5.11 Å². The normalized spacial score (nSPS) is 14.2. The molecule has 0 saturated heterocycles. The predicted molar refractivity (Wildman–Crippen MR) is 76.5 cm³/mol. The Morgan fingerprint density at radius 2 is 1.83 bits per heavy atom. The number of rotatable bonds is 3. The number of hydrogen-bond acceptors (Lipinski definition) is 2. The summed E-state index contributed by atoms with van der Waals surface area (Å²) in [7, 11) is 0. The number of aliphatic hydroxyl groups is 1. The standard InChI is InChI=1S/C15H16BrNO/c1-10-3-4-14(16)13(9-10)15(18)11(2)12-5-7-17-8-6-12/h3-9,11,15,18H,1-2H3. The van der Waals surface area contributed by atoms with Gasteiger partial charge in [-0.2, -0.15) is 0 Å². The van der Waals surface area contributed by atoms with Crippen LogP contribution in [0.25, 0.3) is 0 Å². The van der Waals surface area contributed by atoms with E-state index in [1.165, 1.54) is 0 Å². The van der Waals surface area contributed by atoms with E-state index in [0.29, 0.717) is 0 Å². The number of nitrogens with zero attached hydrogens (tertiary/aromatic N) is 1. The molecule has 0 saturated carbocycles. The summed E-state index contributed by atoms with van der Waals surface area (Å²) in [5.74, 6) is 0.0334. The molecule has 1 N–H and O–H groups in total. The smallest absolute Gasteiger partial charge is 0.0866 e. The van der Waals surface area contributed by atoms with Crippen LogP contribution in [-0.4, -0.2) is 10.1 Å². The van der Waals surface area contributed by atoms with Crippen molar-refractivity contribution in [3.63, 3.8) is 0 Å². The molecule has 94 valence electrons. The molecule has 1 heterocycles. The van der Waals surface area contributed by atoms with Crippen LogP contribution >= 0.6 is 15.9 Å². The van der Waals surface area contributed by atoms with Crippen LogP contribution in [0.3, 0.4) is 0 Å². The molecule has 2 nitrogen and oxygen atoms in total. The number of aliphatic hydroxyl groups excluding tert-OH is 1. The third-order valence-corrected chi connectivity index (χ3v) is 3.90. The highest BCUT2D eigenvalue weighted by Crippen LogP contribution is 2.34. The van der Waals surface area contributed by atoms with Crippen LogP contribution < -0.4 is 0 Å². The van der Waals surface area contributed by atoms with E-state index in [2.05, 4.69) is 20.9 Å². The van der Waals surface area contributed by atoms with Crippen molar-refractivity contribution >= 4 is 15.9 Å². The third-order valence-electron chi connectivity index (χ3n) is 3.18. The maximum Gasteiger partial charge on any atom is 0.0866 e. The van der Waals surface area contributed by atoms with E-state index >= 15 is 0 Å². The van der Waals surface area contributed by atoms with Crippen molar-refractivity contribution in [2.24, 2.45) is 0 Å². The minimum Gasteiger partial charge on any atom is -0.388 e. The average Bonchev–Trinajstić information content (AvgIpc) is 2.41. The lowest BCUT2D eigenvalue weighted by atomic mass is 9.91. The van der Waals surface area contributed by atoms with Crippen molar-refractivity contribution < 1.29 is 5.11 Å². The van der Waals surface area contributed by atoms with E-state index in [9.17, 15) is 5.11 Å². The molecule has 3 heteroatoms. The van der Waals surface area contributed by atoms with Gasteiger partial charge >= 0.3 is 0 Å². The maximum absolute atomic E-state index is 10.5. The lowest BCUT2D eigenvalue weighted by Crippen LogP contribution is -2.08. The summed E-state index contributed by atoms with van der Waals surface area (Å²) in [4.78, 5) is 4.00. The summed E-state index contributed by atoms with van der Waals surface area (Å²) < 4.78 is 0.946. The summed E-state index contributed by atoms with van der Waals surface area (Å²) >= 11 is 3.50. The van der Waals surface area contributed by atoms with Crippen LogP contribution in [0.15, 0.2) is 47.2 Å². The molecule has 0 aliphatic rings. The Bertz CT molecular complexity index is 527. The number of aryl methyl sites for hydroxylation is 1. The number of pyridine rings is 1. The molecule has 1 aromatic carbocycles. The Morgan fingerprint density at radius 1 is 1.17 bits per heavy atom. The highest BCUT2D eigenvalue weighted by atomic mass is 79.9. The van der Waals surface area contributed by atoms with Gasteiger partial charge in [0.15, 0.2) is 0 Å². The Hall–Kier alpha value is -1.19. The molecule has 18 heavy (non-hydrogen) atoms. The van der Waals surface area contributed by atoms with Gasteiger partial charge in [-0.25, -0.2) is 0 Å². The largest absolute Gasteiger partial charge is 0.388 e. The fourth-order valence-corrected chi connectivity index (χ4v) is 2.49. The minimum atomic E-state index is -0.526. The van der Waals surface area contributed by atoms with Crippen LogP contribution in [-0.2, 0) is 0 Å². The molecule has 2 atom stereocenters. The average molecular weight is 306 g/mol. The molecule has 2 unspecified atom stereocenters. The van der Waals surface area contributed by atoms with Crippen molar-refractivity contribution in [2.75, 3.05) is 0 Å². The van der Waals surface area contributed by atoms with Crippen molar-refractivity contribution in [2.45, 2.75) is 25.9 Å². The molecular formula is C15H16BrNO. The summed E-state index contributed by atoms with van der Waals surface area (Å²) in [6.07, 6.45) is 2.98. The molecule has 2 rings (SSSR count). The van der Waals surface area contributed by atoms with E-state index < -0.39 is 6.10 Å². The van der Waals surface area contributed by atoms with Gasteiger partial charge in [-0.1, -0.05) is 40.5 Å². The van der Waals surface area contributed by atoms with E-state index in [4.69, 9.17) is 0 Å². The lowest BCUT2D eigenvalue weighted by Gasteiger charge is -2.21. The fourth-order valence-electron chi connectivity index (χ4n) is 2.01. The maximum atomic E-state index is 10.5. The Labute approximate surface area is 116 Å². The summed E-state index contributed by atoms with van der Waals surface area (Å²) in [6.45, 7) is 4.05. The van der Waals surface area contributed by atoms with Crippen LogP contribution in [0.5, 0.6) is 0 Å². The summed E-state index contributed by atoms with van der Waals surface area (Å²) in [5.41, 5.74) is 3.17. The van der Waals surface area contributed by atoms with E-state index in [1.807, 2.05) is 44.2 Å². The van der Waals surface area contributed by atoms with Crippen LogP contribution in [0.2, 0.25) is 0 Å². The molecule has 0 amide bonds.